The van der Waals surface area contributed by atoms with E-state index in [-0.39, 0.29) is 24.1 Å². The molecule has 0 spiro atoms. The lowest BCUT2D eigenvalue weighted by Crippen LogP contribution is -2.46. The summed E-state index contributed by atoms with van der Waals surface area (Å²) in [4.78, 5) is 55.3. The maximum atomic E-state index is 14.0. The number of Topliss-reactive ketones (excluding diaryl/α,β-unsaturated/α-hetero) is 1. The molecule has 11 heteroatoms. The lowest BCUT2D eigenvalue weighted by atomic mass is 9.96. The summed E-state index contributed by atoms with van der Waals surface area (Å²) in [7, 11) is 1.68. The Hall–Kier alpha value is -3.99. The van der Waals surface area contributed by atoms with E-state index >= 15 is 0 Å². The van der Waals surface area contributed by atoms with Crippen molar-refractivity contribution in [3.63, 3.8) is 0 Å². The minimum absolute atomic E-state index is 0.0990. The quantitative estimate of drug-likeness (QED) is 0.181. The SMILES string of the molecule is CC(=O)c1nn2c3c(cc(-c4cnc(C)nc4)cc13)CCCCCCCCCC[C@@H](C(=O)Nc1nc(Br)ccc1C)N(C)C(=O)C2. The van der Waals surface area contributed by atoms with Crippen molar-refractivity contribution >= 4 is 50.2 Å². The van der Waals surface area contributed by atoms with Gasteiger partial charge in [0.05, 0.1) is 5.52 Å². The molecule has 4 aromatic rings. The fraction of sp³-hybridized carbons (Fsp3) is 0.457. The van der Waals surface area contributed by atoms with Gasteiger partial charge in [0.25, 0.3) is 0 Å². The van der Waals surface area contributed by atoms with Crippen molar-refractivity contribution < 1.29 is 14.4 Å². The van der Waals surface area contributed by atoms with Crippen molar-refractivity contribution in [1.29, 1.82) is 0 Å². The summed E-state index contributed by atoms with van der Waals surface area (Å²) >= 11 is 3.39. The van der Waals surface area contributed by atoms with Crippen molar-refractivity contribution in [2.75, 3.05) is 12.4 Å². The van der Waals surface area contributed by atoms with Crippen molar-refractivity contribution in [2.24, 2.45) is 0 Å². The van der Waals surface area contributed by atoms with E-state index in [0.29, 0.717) is 33.7 Å². The van der Waals surface area contributed by atoms with Gasteiger partial charge >= 0.3 is 0 Å². The first-order valence-corrected chi connectivity index (χ1v) is 16.9. The first kappa shape index (κ1) is 33.4. The fourth-order valence-corrected chi connectivity index (χ4v) is 6.45. The second-order valence-electron chi connectivity index (χ2n) is 12.3. The van der Waals surface area contributed by atoms with Crippen LogP contribution in [0.3, 0.4) is 0 Å². The molecule has 5 rings (SSSR count). The van der Waals surface area contributed by atoms with E-state index in [2.05, 4.69) is 42.3 Å². The molecule has 46 heavy (non-hydrogen) atoms. The summed E-state index contributed by atoms with van der Waals surface area (Å²) in [6, 6.07) is 7.08. The number of nitrogens with zero attached hydrogens (tertiary/aromatic N) is 6. The molecule has 1 aliphatic heterocycles. The highest BCUT2D eigenvalue weighted by Crippen LogP contribution is 2.32. The number of amides is 2. The molecule has 3 aromatic heterocycles. The molecule has 0 bridgehead atoms. The van der Waals surface area contributed by atoms with E-state index in [1.54, 1.807) is 24.1 Å². The Labute approximate surface area is 278 Å². The lowest BCUT2D eigenvalue weighted by molar-refractivity contribution is -0.137. The number of hydrogen-bond acceptors (Lipinski definition) is 7. The highest BCUT2D eigenvalue weighted by Gasteiger charge is 2.29. The molecule has 1 aliphatic rings. The van der Waals surface area contributed by atoms with Crippen molar-refractivity contribution in [2.45, 2.75) is 97.6 Å². The normalized spacial score (nSPS) is 17.1. The molecule has 1 atom stereocenters. The topological polar surface area (TPSA) is 123 Å². The monoisotopic (exact) mass is 687 g/mol. The van der Waals surface area contributed by atoms with E-state index in [9.17, 15) is 14.4 Å². The number of likely N-dealkylation sites (N-methyl/N-ethyl adjacent to an activating group) is 1. The van der Waals surface area contributed by atoms with Crippen LogP contribution in [0.2, 0.25) is 0 Å². The van der Waals surface area contributed by atoms with Crippen LogP contribution in [-0.4, -0.2) is 60.3 Å². The number of halogens is 1. The molecule has 1 aromatic carbocycles. The van der Waals surface area contributed by atoms with Crippen LogP contribution in [0, 0.1) is 13.8 Å². The number of carbonyl (C=O) groups excluding carboxylic acids is 3. The number of carbonyl (C=O) groups is 3. The van der Waals surface area contributed by atoms with E-state index < -0.39 is 6.04 Å². The van der Waals surface area contributed by atoms with Crippen LogP contribution in [0.4, 0.5) is 5.82 Å². The van der Waals surface area contributed by atoms with E-state index in [1.807, 2.05) is 32.0 Å². The minimum Gasteiger partial charge on any atom is -0.332 e. The summed E-state index contributed by atoms with van der Waals surface area (Å²) in [6.45, 7) is 5.13. The zero-order valence-corrected chi connectivity index (χ0v) is 28.7. The van der Waals surface area contributed by atoms with Gasteiger partial charge in [-0.2, -0.15) is 5.10 Å². The molecule has 242 valence electrons. The van der Waals surface area contributed by atoms with Crippen LogP contribution < -0.4 is 5.32 Å². The smallest absolute Gasteiger partial charge is 0.248 e. The number of pyridine rings is 1. The molecule has 2 amide bonds. The van der Waals surface area contributed by atoms with Crippen LogP contribution in [0.1, 0.15) is 92.2 Å². The Balaban J connectivity index is 1.53. The average Bonchev–Trinajstić information content (AvgIpc) is 3.39. The van der Waals surface area contributed by atoms with Crippen LogP contribution in [0.5, 0.6) is 0 Å². The van der Waals surface area contributed by atoms with E-state index in [4.69, 9.17) is 5.10 Å². The zero-order valence-electron chi connectivity index (χ0n) is 27.1. The molecular weight excluding hydrogens is 646 g/mol. The second-order valence-corrected chi connectivity index (χ2v) is 13.1. The highest BCUT2D eigenvalue weighted by molar-refractivity contribution is 9.10. The molecule has 1 N–H and O–H groups in total. The third-order valence-corrected chi connectivity index (χ3v) is 9.24. The Kier molecular flexibility index (Phi) is 10.9. The van der Waals surface area contributed by atoms with E-state index in [1.165, 1.54) is 18.2 Å². The molecule has 4 heterocycles. The van der Waals surface area contributed by atoms with Gasteiger partial charge in [0.15, 0.2) is 5.78 Å². The average molecular weight is 689 g/mol. The van der Waals surface area contributed by atoms with Crippen molar-refractivity contribution in [3.05, 3.63) is 63.9 Å². The number of ketones is 1. The number of aryl methyl sites for hydroxylation is 3. The standard InChI is InChI=1S/C35H42BrN7O3/c1-22-15-16-30(36)39-34(22)40-35(46)29-14-12-10-8-6-5-7-9-11-13-25-17-26(27-19-37-24(3)38-20-27)18-28-32(23(2)44)41-43(33(25)28)21-31(45)42(29)4/h15-20,29H,5-14,21H2,1-4H3,(H,39,40,46)/t29-/m0/s1. The second kappa shape index (κ2) is 15.1. The van der Waals surface area contributed by atoms with Crippen LogP contribution in [0.15, 0.2) is 41.3 Å². The molecule has 0 saturated carbocycles. The number of anilines is 1. The van der Waals surface area contributed by atoms with Gasteiger partial charge in [0.2, 0.25) is 11.8 Å². The molecule has 0 fully saturated rings. The Morgan fingerprint density at radius 2 is 1.61 bits per heavy atom. The van der Waals surface area contributed by atoms with Gasteiger partial charge in [0, 0.05) is 37.3 Å². The van der Waals surface area contributed by atoms with Gasteiger partial charge in [-0.15, -0.1) is 0 Å². The predicted octanol–water partition coefficient (Wildman–Crippen LogP) is 7.00. The van der Waals surface area contributed by atoms with Crippen LogP contribution in [0.25, 0.3) is 22.0 Å². The third kappa shape index (κ3) is 7.86. The first-order chi connectivity index (χ1) is 22.1. The van der Waals surface area contributed by atoms with Gasteiger partial charge in [-0.1, -0.05) is 51.0 Å². The maximum Gasteiger partial charge on any atom is 0.248 e. The largest absolute Gasteiger partial charge is 0.332 e. The molecule has 10 nitrogen and oxygen atoms in total. The first-order valence-electron chi connectivity index (χ1n) is 16.2. The van der Waals surface area contributed by atoms with Gasteiger partial charge in [-0.3, -0.25) is 19.1 Å². The predicted molar refractivity (Wildman–Crippen MR) is 183 cm³/mol. The number of aromatic nitrogens is 5. The van der Waals surface area contributed by atoms with Crippen LogP contribution in [-0.2, 0) is 22.6 Å². The van der Waals surface area contributed by atoms with Gasteiger partial charge in [0.1, 0.15) is 34.5 Å². The summed E-state index contributed by atoms with van der Waals surface area (Å²) in [6.07, 6.45) is 13.4. The van der Waals surface area contributed by atoms with Gasteiger partial charge in [-0.05, 0) is 83.9 Å². The molecule has 0 radical (unpaired) electrons. The fourth-order valence-electron chi connectivity index (χ4n) is 6.14. The minimum atomic E-state index is -0.690. The zero-order chi connectivity index (χ0) is 32.8. The Morgan fingerprint density at radius 3 is 2.30 bits per heavy atom. The molecule has 0 unspecified atom stereocenters. The summed E-state index contributed by atoms with van der Waals surface area (Å²) in [5.74, 6) is 0.438. The van der Waals surface area contributed by atoms with E-state index in [0.717, 1.165) is 79.1 Å². The number of rotatable bonds is 4. The Bertz CT molecular complexity index is 1730. The maximum absolute atomic E-state index is 14.0. The number of nitrogens with one attached hydrogen (secondary N) is 1. The molecular formula is C35H42BrN7O3. The molecule has 0 aliphatic carbocycles. The third-order valence-electron chi connectivity index (χ3n) is 8.80. The highest BCUT2D eigenvalue weighted by atomic mass is 79.9. The summed E-state index contributed by atoms with van der Waals surface area (Å²) < 4.78 is 2.27. The number of benzene rings is 1. The Morgan fingerprint density at radius 1 is 0.935 bits per heavy atom. The molecule has 0 saturated heterocycles. The van der Waals surface area contributed by atoms with Crippen LogP contribution >= 0.6 is 15.9 Å². The van der Waals surface area contributed by atoms with Gasteiger partial charge < -0.3 is 10.2 Å². The van der Waals surface area contributed by atoms with Crippen molar-refractivity contribution in [3.8, 4) is 11.1 Å². The van der Waals surface area contributed by atoms with Gasteiger partial charge in [-0.25, -0.2) is 15.0 Å². The lowest BCUT2D eigenvalue weighted by Gasteiger charge is -2.28. The number of hydrogen-bond donors (Lipinski definition) is 1. The van der Waals surface area contributed by atoms with Crippen molar-refractivity contribution in [1.82, 2.24) is 29.6 Å². The summed E-state index contributed by atoms with van der Waals surface area (Å²) in [5, 5.41) is 8.37. The summed E-state index contributed by atoms with van der Waals surface area (Å²) in [5.41, 5.74) is 4.72.